The lowest BCUT2D eigenvalue weighted by Gasteiger charge is -2.06. The Balaban J connectivity index is 4.01. The number of ether oxygens (including phenoxy) is 1. The fourth-order valence-corrected chi connectivity index (χ4v) is 1.48. The van der Waals surface area contributed by atoms with Crippen molar-refractivity contribution in [3.05, 3.63) is 12.2 Å². The van der Waals surface area contributed by atoms with Gasteiger partial charge in [0.05, 0.1) is 17.5 Å². The molecule has 0 unspecified atom stereocenters. The maximum atomic E-state index is 11.0. The van der Waals surface area contributed by atoms with E-state index in [1.165, 1.54) is 6.92 Å². The third kappa shape index (κ3) is 6.67. The van der Waals surface area contributed by atoms with Crippen LogP contribution in [0.25, 0.3) is 0 Å². The Morgan fingerprint density at radius 3 is 2.33 bits per heavy atom. The molecule has 0 heterocycles. The van der Waals surface area contributed by atoms with E-state index in [4.69, 9.17) is 0 Å². The van der Waals surface area contributed by atoms with E-state index in [-0.39, 0.29) is 12.2 Å². The quantitative estimate of drug-likeness (QED) is 0.400. The molecule has 86 valence electrons. The molecule has 0 bridgehead atoms. The van der Waals surface area contributed by atoms with E-state index in [0.717, 1.165) is 0 Å². The fourth-order valence-electron chi connectivity index (χ4n) is 0.636. The molecule has 6 nitrogen and oxygen atoms in total. The average Bonchev–Trinajstić information content (AvgIpc) is 2.00. The Morgan fingerprint density at radius 1 is 1.40 bits per heavy atom. The van der Waals surface area contributed by atoms with Gasteiger partial charge in [-0.25, -0.2) is 13.2 Å². The van der Waals surface area contributed by atoms with Gasteiger partial charge in [0.2, 0.25) is 0 Å². The molecule has 0 amide bonds. The minimum Gasteiger partial charge on any atom is -0.549 e. The third-order valence-corrected chi connectivity index (χ3v) is 2.78. The molecule has 0 aromatic rings. The highest BCUT2D eigenvalue weighted by Crippen LogP contribution is 1.94. The molecule has 7 heteroatoms. The number of hydrogen-bond donors (Lipinski definition) is 0. The zero-order valence-electron chi connectivity index (χ0n) is 8.19. The highest BCUT2D eigenvalue weighted by Gasteiger charge is 2.12. The van der Waals surface area contributed by atoms with Crippen LogP contribution in [0.2, 0.25) is 0 Å². The minimum atomic E-state index is -3.77. The predicted octanol–water partition coefficient (Wildman–Crippen LogP) is -1.73. The number of carboxylic acids is 1. The van der Waals surface area contributed by atoms with Crippen molar-refractivity contribution >= 4 is 21.8 Å². The van der Waals surface area contributed by atoms with E-state index in [2.05, 4.69) is 11.3 Å². The summed E-state index contributed by atoms with van der Waals surface area (Å²) in [5, 5.41) is 10.0. The van der Waals surface area contributed by atoms with Crippen LogP contribution in [-0.4, -0.2) is 38.5 Å². The molecule has 0 aliphatic carbocycles. The van der Waals surface area contributed by atoms with Gasteiger partial charge in [-0.3, -0.25) is 0 Å². The summed E-state index contributed by atoms with van der Waals surface area (Å²) in [5.41, 5.74) is 0.146. The number of sulfone groups is 1. The number of esters is 1. The molecular formula is C8H11O6S-. The largest absolute Gasteiger partial charge is 0.549 e. The van der Waals surface area contributed by atoms with E-state index in [1.807, 2.05) is 0 Å². The van der Waals surface area contributed by atoms with Gasteiger partial charge in [0.1, 0.15) is 6.61 Å². The van der Waals surface area contributed by atoms with Crippen LogP contribution >= 0.6 is 0 Å². The highest BCUT2D eigenvalue weighted by atomic mass is 32.2. The van der Waals surface area contributed by atoms with E-state index in [9.17, 15) is 23.1 Å². The molecule has 0 aliphatic heterocycles. The summed E-state index contributed by atoms with van der Waals surface area (Å²) >= 11 is 0. The van der Waals surface area contributed by atoms with Crippen molar-refractivity contribution < 1.29 is 27.9 Å². The van der Waals surface area contributed by atoms with Gasteiger partial charge in [-0.05, 0) is 6.92 Å². The summed E-state index contributed by atoms with van der Waals surface area (Å²) in [6.07, 6.45) is 0. The molecule has 0 N–H and O–H groups in total. The first-order valence-corrected chi connectivity index (χ1v) is 5.79. The van der Waals surface area contributed by atoms with Crippen molar-refractivity contribution in [1.82, 2.24) is 0 Å². The Hall–Kier alpha value is -1.37. The van der Waals surface area contributed by atoms with Crippen molar-refractivity contribution in [1.29, 1.82) is 0 Å². The van der Waals surface area contributed by atoms with Gasteiger partial charge >= 0.3 is 5.97 Å². The molecule has 0 spiro atoms. The number of carbonyl (C=O) groups is 2. The van der Waals surface area contributed by atoms with Crippen LogP contribution in [0.4, 0.5) is 0 Å². The standard InChI is InChI=1S/C8H12O6S/c1-6(2)8(11)14-3-4-15(12,13)5-7(9)10/h1,3-5H2,2H3,(H,9,10)/p-1. The lowest BCUT2D eigenvalue weighted by molar-refractivity contribution is -0.301. The molecule has 0 aliphatic rings. The minimum absolute atomic E-state index is 0.146. The molecule has 0 fully saturated rings. The summed E-state index contributed by atoms with van der Waals surface area (Å²) in [4.78, 5) is 20.8. The number of carbonyl (C=O) groups excluding carboxylic acids is 2. The smallest absolute Gasteiger partial charge is 0.333 e. The van der Waals surface area contributed by atoms with Crippen molar-refractivity contribution in [3.8, 4) is 0 Å². The lowest BCUT2D eigenvalue weighted by atomic mass is 10.4. The second kappa shape index (κ2) is 5.50. The molecule has 0 aromatic heterocycles. The van der Waals surface area contributed by atoms with Crippen molar-refractivity contribution in [2.24, 2.45) is 0 Å². The van der Waals surface area contributed by atoms with Gasteiger partial charge in [0.15, 0.2) is 9.84 Å². The van der Waals surface area contributed by atoms with Crippen molar-refractivity contribution in [2.45, 2.75) is 6.92 Å². The molecule has 0 aromatic carbocycles. The summed E-state index contributed by atoms with van der Waals surface area (Å²) in [6.45, 7) is 4.32. The first-order chi connectivity index (χ1) is 6.74. The lowest BCUT2D eigenvalue weighted by Crippen LogP contribution is -2.32. The van der Waals surface area contributed by atoms with Gasteiger partial charge in [0, 0.05) is 5.57 Å². The maximum absolute atomic E-state index is 11.0. The molecular weight excluding hydrogens is 224 g/mol. The molecule has 0 atom stereocenters. The Labute approximate surface area is 87.5 Å². The second-order valence-corrected chi connectivity index (χ2v) is 5.06. The summed E-state index contributed by atoms with van der Waals surface area (Å²) in [6, 6.07) is 0. The van der Waals surface area contributed by atoms with Crippen LogP contribution in [0.1, 0.15) is 6.92 Å². The number of hydrogen-bond acceptors (Lipinski definition) is 6. The SMILES string of the molecule is C=C(C)C(=O)OCCS(=O)(=O)CC(=O)[O-]. The van der Waals surface area contributed by atoms with Crippen molar-refractivity contribution in [2.75, 3.05) is 18.1 Å². The summed E-state index contributed by atoms with van der Waals surface area (Å²) in [7, 11) is -3.77. The zero-order chi connectivity index (χ0) is 12.1. The zero-order valence-corrected chi connectivity index (χ0v) is 9.00. The predicted molar refractivity (Wildman–Crippen MR) is 49.4 cm³/mol. The molecule has 15 heavy (non-hydrogen) atoms. The molecule has 0 radical (unpaired) electrons. The van der Waals surface area contributed by atoms with Gasteiger partial charge in [-0.2, -0.15) is 0 Å². The van der Waals surface area contributed by atoms with Crippen LogP contribution in [0.3, 0.4) is 0 Å². The Kier molecular flexibility index (Phi) is 4.99. The molecule has 0 saturated carbocycles. The third-order valence-electron chi connectivity index (χ3n) is 1.31. The van der Waals surface area contributed by atoms with E-state index in [0.29, 0.717) is 0 Å². The molecule has 0 saturated heterocycles. The second-order valence-electron chi connectivity index (χ2n) is 2.88. The highest BCUT2D eigenvalue weighted by molar-refractivity contribution is 7.92. The van der Waals surface area contributed by atoms with Crippen molar-refractivity contribution in [3.63, 3.8) is 0 Å². The Bertz CT molecular complexity index is 367. The summed E-state index contributed by atoms with van der Waals surface area (Å²) < 4.78 is 26.4. The van der Waals surface area contributed by atoms with E-state index >= 15 is 0 Å². The average molecular weight is 235 g/mol. The topological polar surface area (TPSA) is 101 Å². The van der Waals surface area contributed by atoms with Gasteiger partial charge in [-0.15, -0.1) is 0 Å². The maximum Gasteiger partial charge on any atom is 0.333 e. The molecule has 0 rings (SSSR count). The van der Waals surface area contributed by atoms with Gasteiger partial charge < -0.3 is 14.6 Å². The van der Waals surface area contributed by atoms with E-state index < -0.39 is 33.3 Å². The van der Waals surface area contributed by atoms with Crippen LogP contribution in [0.5, 0.6) is 0 Å². The van der Waals surface area contributed by atoms with Gasteiger partial charge in [0.25, 0.3) is 0 Å². The Morgan fingerprint density at radius 2 is 1.93 bits per heavy atom. The van der Waals surface area contributed by atoms with Gasteiger partial charge in [-0.1, -0.05) is 6.58 Å². The normalized spacial score (nSPS) is 10.7. The van der Waals surface area contributed by atoms with E-state index in [1.54, 1.807) is 0 Å². The first kappa shape index (κ1) is 13.6. The van der Waals surface area contributed by atoms with Crippen LogP contribution in [0.15, 0.2) is 12.2 Å². The number of rotatable bonds is 6. The van der Waals surface area contributed by atoms with Crippen LogP contribution in [-0.2, 0) is 24.2 Å². The first-order valence-electron chi connectivity index (χ1n) is 3.97. The fraction of sp³-hybridized carbons (Fsp3) is 0.500. The van der Waals surface area contributed by atoms with Crippen LogP contribution < -0.4 is 5.11 Å². The van der Waals surface area contributed by atoms with Crippen LogP contribution in [0, 0.1) is 0 Å². The number of aliphatic carboxylic acids is 1. The summed E-state index contributed by atoms with van der Waals surface area (Å²) in [5.74, 6) is -4.00. The monoisotopic (exact) mass is 235 g/mol. The number of carboxylic acid groups (broad SMARTS) is 1.